The zero-order valence-corrected chi connectivity index (χ0v) is 19.2. The Morgan fingerprint density at radius 2 is 1.51 bits per heavy atom. The van der Waals surface area contributed by atoms with Crippen molar-refractivity contribution < 1.29 is 14.0 Å². The number of hydrogen-bond donors (Lipinski definition) is 1. The zero-order chi connectivity index (χ0) is 24.2. The fraction of sp³-hybridized carbons (Fsp3) is 0.0714. The first-order valence-electron chi connectivity index (χ1n) is 11.1. The molecule has 1 spiro atoms. The van der Waals surface area contributed by atoms with Gasteiger partial charge in [0, 0.05) is 27.5 Å². The van der Waals surface area contributed by atoms with Gasteiger partial charge in [-0.25, -0.2) is 4.39 Å². The lowest BCUT2D eigenvalue weighted by Gasteiger charge is -2.45. The summed E-state index contributed by atoms with van der Waals surface area (Å²) in [5.41, 5.74) is 1.56. The summed E-state index contributed by atoms with van der Waals surface area (Å²) >= 11 is 6.13. The van der Waals surface area contributed by atoms with Crippen molar-refractivity contribution in [1.29, 1.82) is 0 Å². The number of nitrogens with one attached hydrogen (secondary N) is 1. The lowest BCUT2D eigenvalue weighted by atomic mass is 9.92. The minimum atomic E-state index is -1.55. The van der Waals surface area contributed by atoms with E-state index in [1.165, 1.54) is 15.9 Å². The molecule has 35 heavy (non-hydrogen) atoms. The van der Waals surface area contributed by atoms with E-state index in [2.05, 4.69) is 5.32 Å². The smallest absolute Gasteiger partial charge is 0.279 e. The molecule has 4 aromatic rings. The number of carbonyl (C=O) groups is 2. The molecule has 0 radical (unpaired) electrons. The van der Waals surface area contributed by atoms with Crippen molar-refractivity contribution in [3.63, 3.8) is 0 Å². The third kappa shape index (κ3) is 3.14. The molecule has 6 rings (SSSR count). The third-order valence-corrected chi connectivity index (χ3v) is 6.77. The molecule has 2 heterocycles. The van der Waals surface area contributed by atoms with E-state index in [1.807, 2.05) is 30.3 Å². The molecule has 172 valence electrons. The summed E-state index contributed by atoms with van der Waals surface area (Å²) in [6, 6.07) is 27.6. The van der Waals surface area contributed by atoms with Crippen LogP contribution in [0.25, 0.3) is 0 Å². The third-order valence-electron chi connectivity index (χ3n) is 6.52. The van der Waals surface area contributed by atoms with E-state index >= 15 is 0 Å². The van der Waals surface area contributed by atoms with Gasteiger partial charge in [-0.3, -0.25) is 14.5 Å². The predicted octanol–water partition coefficient (Wildman–Crippen LogP) is 5.95. The van der Waals surface area contributed by atoms with Crippen LogP contribution in [0, 0.1) is 5.82 Å². The van der Waals surface area contributed by atoms with Crippen LogP contribution in [0.1, 0.15) is 21.5 Å². The first-order chi connectivity index (χ1) is 17.0. The molecule has 0 saturated heterocycles. The fourth-order valence-electron chi connectivity index (χ4n) is 4.93. The molecule has 1 atom stereocenters. The van der Waals surface area contributed by atoms with Crippen LogP contribution in [0.4, 0.5) is 21.5 Å². The largest absolute Gasteiger partial charge is 0.350 e. The molecule has 2 amide bonds. The van der Waals surface area contributed by atoms with E-state index in [9.17, 15) is 14.0 Å². The number of fused-ring (bicyclic) bond motifs is 3. The molecular weight excluding hydrogens is 465 g/mol. The quantitative estimate of drug-likeness (QED) is 0.391. The topological polar surface area (TPSA) is 52.7 Å². The van der Waals surface area contributed by atoms with Crippen molar-refractivity contribution in [3.05, 3.63) is 125 Å². The average Bonchev–Trinajstić information content (AvgIpc) is 3.10. The summed E-state index contributed by atoms with van der Waals surface area (Å²) in [4.78, 5) is 31.4. The van der Waals surface area contributed by atoms with Gasteiger partial charge in [0.1, 0.15) is 5.82 Å². The van der Waals surface area contributed by atoms with Gasteiger partial charge in [0.25, 0.3) is 11.8 Å². The highest BCUT2D eigenvalue weighted by atomic mass is 35.5. The predicted molar refractivity (Wildman–Crippen MR) is 134 cm³/mol. The van der Waals surface area contributed by atoms with Crippen LogP contribution in [0.5, 0.6) is 0 Å². The van der Waals surface area contributed by atoms with Gasteiger partial charge in [0.2, 0.25) is 5.66 Å². The van der Waals surface area contributed by atoms with Crippen LogP contribution in [-0.4, -0.2) is 11.8 Å². The minimum absolute atomic E-state index is 0.0241. The van der Waals surface area contributed by atoms with E-state index in [1.54, 1.807) is 60.7 Å². The zero-order valence-electron chi connectivity index (χ0n) is 18.4. The summed E-state index contributed by atoms with van der Waals surface area (Å²) in [6.45, 7) is 0.0241. The molecule has 0 saturated carbocycles. The second-order valence-electron chi connectivity index (χ2n) is 8.50. The molecule has 0 aromatic heterocycles. The Bertz CT molecular complexity index is 1490. The van der Waals surface area contributed by atoms with Gasteiger partial charge < -0.3 is 10.2 Å². The van der Waals surface area contributed by atoms with Crippen molar-refractivity contribution in [2.24, 2.45) is 0 Å². The SMILES string of the molecule is O=C1c2ccccc2NC2(C(=O)N(Cc3ccccc3F)c3ccccc32)N1c1ccc(Cl)cc1. The van der Waals surface area contributed by atoms with Gasteiger partial charge in [-0.05, 0) is 48.5 Å². The minimum Gasteiger partial charge on any atom is -0.350 e. The van der Waals surface area contributed by atoms with E-state index in [0.717, 1.165) is 0 Å². The van der Waals surface area contributed by atoms with Crippen molar-refractivity contribution >= 4 is 40.5 Å². The number of anilines is 3. The Morgan fingerprint density at radius 1 is 0.829 bits per heavy atom. The van der Waals surface area contributed by atoms with E-state index < -0.39 is 11.5 Å². The summed E-state index contributed by atoms with van der Waals surface area (Å²) in [5, 5.41) is 3.90. The van der Waals surface area contributed by atoms with E-state index in [-0.39, 0.29) is 18.4 Å². The van der Waals surface area contributed by atoms with Crippen molar-refractivity contribution in [2.75, 3.05) is 15.1 Å². The molecule has 2 aliphatic heterocycles. The molecule has 2 aliphatic rings. The van der Waals surface area contributed by atoms with Gasteiger partial charge in [-0.15, -0.1) is 0 Å². The fourth-order valence-corrected chi connectivity index (χ4v) is 5.05. The first kappa shape index (κ1) is 21.4. The van der Waals surface area contributed by atoms with Crippen LogP contribution < -0.4 is 15.1 Å². The second-order valence-corrected chi connectivity index (χ2v) is 8.93. The number of benzene rings is 4. The van der Waals surface area contributed by atoms with Crippen LogP contribution in [0.2, 0.25) is 5.02 Å². The maximum atomic E-state index is 14.6. The number of nitrogens with zero attached hydrogens (tertiary/aromatic N) is 2. The van der Waals surface area contributed by atoms with Crippen molar-refractivity contribution in [2.45, 2.75) is 12.2 Å². The highest BCUT2D eigenvalue weighted by molar-refractivity contribution is 6.30. The van der Waals surface area contributed by atoms with Gasteiger partial charge in [-0.2, -0.15) is 0 Å². The van der Waals surface area contributed by atoms with Crippen LogP contribution >= 0.6 is 11.6 Å². The molecule has 1 N–H and O–H groups in total. The molecule has 7 heteroatoms. The van der Waals surface area contributed by atoms with Crippen LogP contribution in [-0.2, 0) is 17.0 Å². The normalized spacial score (nSPS) is 18.5. The molecule has 1 unspecified atom stereocenters. The lowest BCUT2D eigenvalue weighted by Crippen LogP contribution is -2.63. The molecule has 4 aromatic carbocycles. The molecule has 0 aliphatic carbocycles. The van der Waals surface area contributed by atoms with E-state index in [4.69, 9.17) is 11.6 Å². The van der Waals surface area contributed by atoms with Crippen LogP contribution in [0.3, 0.4) is 0 Å². The van der Waals surface area contributed by atoms with Gasteiger partial charge in [0.05, 0.1) is 17.8 Å². The first-order valence-corrected chi connectivity index (χ1v) is 11.5. The van der Waals surface area contributed by atoms with E-state index in [0.29, 0.717) is 38.8 Å². The Morgan fingerprint density at radius 3 is 2.31 bits per heavy atom. The summed E-state index contributed by atoms with van der Waals surface area (Å²) in [5.74, 6) is -1.09. The molecular formula is C28H19ClFN3O2. The highest BCUT2D eigenvalue weighted by Crippen LogP contribution is 2.50. The number of para-hydroxylation sites is 2. The summed E-state index contributed by atoms with van der Waals surface area (Å²) < 4.78 is 14.6. The Balaban J connectivity index is 1.58. The Hall–Kier alpha value is -4.16. The lowest BCUT2D eigenvalue weighted by molar-refractivity contribution is -0.122. The summed E-state index contributed by atoms with van der Waals surface area (Å²) in [7, 11) is 0. The van der Waals surface area contributed by atoms with Gasteiger partial charge in [-0.1, -0.05) is 60.1 Å². The molecule has 0 bridgehead atoms. The number of amides is 2. The number of carbonyl (C=O) groups excluding carboxylic acids is 2. The maximum absolute atomic E-state index is 14.6. The molecule has 5 nitrogen and oxygen atoms in total. The van der Waals surface area contributed by atoms with Gasteiger partial charge >= 0.3 is 0 Å². The standard InChI is InChI=1S/C28H19ClFN3O2/c29-19-13-15-20(16-14-19)33-26(34)21-8-2-5-11-24(21)31-28(33)22-9-3-6-12-25(22)32(27(28)35)17-18-7-1-4-10-23(18)30/h1-16,31H,17H2. The van der Waals surface area contributed by atoms with Crippen molar-refractivity contribution in [1.82, 2.24) is 0 Å². The Kier molecular flexibility index (Phi) is 4.86. The Labute approximate surface area is 206 Å². The highest BCUT2D eigenvalue weighted by Gasteiger charge is 2.59. The number of hydrogen-bond acceptors (Lipinski definition) is 3. The molecule has 0 fully saturated rings. The monoisotopic (exact) mass is 483 g/mol. The van der Waals surface area contributed by atoms with Crippen LogP contribution in [0.15, 0.2) is 97.1 Å². The number of halogens is 2. The summed E-state index contributed by atoms with van der Waals surface area (Å²) in [6.07, 6.45) is 0. The number of rotatable bonds is 3. The maximum Gasteiger partial charge on any atom is 0.279 e. The average molecular weight is 484 g/mol. The van der Waals surface area contributed by atoms with Crippen molar-refractivity contribution in [3.8, 4) is 0 Å². The van der Waals surface area contributed by atoms with Gasteiger partial charge in [0.15, 0.2) is 0 Å². The second kappa shape index (κ2) is 7.96.